The molecule has 3 aliphatic heterocycles. The van der Waals surface area contributed by atoms with Crippen LogP contribution in [0.4, 0.5) is 0 Å². The van der Waals surface area contributed by atoms with Crippen LogP contribution in [0.15, 0.2) is 0 Å². The molecule has 0 aromatic heterocycles. The summed E-state index contributed by atoms with van der Waals surface area (Å²) >= 11 is 0. The first kappa shape index (κ1) is 13.9. The topological polar surface area (TPSA) is 61.4 Å². The minimum atomic E-state index is 0.00905. The van der Waals surface area contributed by atoms with Crippen LogP contribution in [0, 0.1) is 11.3 Å². The molecule has 3 aliphatic rings. The molecule has 3 fully saturated rings. The van der Waals surface area contributed by atoms with Gasteiger partial charge in [0.25, 0.3) is 0 Å². The Bertz CT molecular complexity index is 371. The summed E-state index contributed by atoms with van der Waals surface area (Å²) in [4.78, 5) is 25.7. The van der Waals surface area contributed by atoms with Crippen LogP contribution in [0.2, 0.25) is 0 Å². The summed E-state index contributed by atoms with van der Waals surface area (Å²) < 4.78 is 0. The van der Waals surface area contributed by atoms with Crippen molar-refractivity contribution in [2.24, 2.45) is 11.3 Å². The van der Waals surface area contributed by atoms with E-state index in [9.17, 15) is 9.59 Å². The number of nitrogens with one attached hydrogen (secondary N) is 2. The fraction of sp³-hybridized carbons (Fsp3) is 0.867. The van der Waals surface area contributed by atoms with Crippen molar-refractivity contribution in [3.05, 3.63) is 0 Å². The van der Waals surface area contributed by atoms with Gasteiger partial charge in [-0.15, -0.1) is 0 Å². The van der Waals surface area contributed by atoms with Crippen molar-refractivity contribution in [3.8, 4) is 0 Å². The molecule has 0 aromatic rings. The molecule has 20 heavy (non-hydrogen) atoms. The second-order valence-corrected chi connectivity index (χ2v) is 6.61. The fourth-order valence-electron chi connectivity index (χ4n) is 3.86. The van der Waals surface area contributed by atoms with E-state index in [2.05, 4.69) is 10.6 Å². The Hall–Kier alpha value is -1.10. The smallest absolute Gasteiger partial charge is 0.227 e. The predicted molar refractivity (Wildman–Crippen MR) is 76.1 cm³/mol. The lowest BCUT2D eigenvalue weighted by atomic mass is 9.71. The number of likely N-dealkylation sites (tertiary alicyclic amines) is 1. The predicted octanol–water partition coefficient (Wildman–Crippen LogP) is 0.505. The quantitative estimate of drug-likeness (QED) is 0.735. The van der Waals surface area contributed by atoms with Gasteiger partial charge in [-0.05, 0) is 50.6 Å². The van der Waals surface area contributed by atoms with E-state index in [1.54, 1.807) is 0 Å². The van der Waals surface area contributed by atoms with Crippen molar-refractivity contribution in [2.45, 2.75) is 38.5 Å². The van der Waals surface area contributed by atoms with Gasteiger partial charge in [-0.1, -0.05) is 0 Å². The summed E-state index contributed by atoms with van der Waals surface area (Å²) in [5.74, 6) is 0.352. The molecular formula is C15H25N3O2. The Kier molecular flexibility index (Phi) is 3.96. The van der Waals surface area contributed by atoms with E-state index in [4.69, 9.17) is 0 Å². The van der Waals surface area contributed by atoms with E-state index in [1.807, 2.05) is 4.90 Å². The van der Waals surface area contributed by atoms with Gasteiger partial charge in [-0.25, -0.2) is 0 Å². The minimum Gasteiger partial charge on any atom is -0.355 e. The Morgan fingerprint density at radius 2 is 1.85 bits per heavy atom. The zero-order chi connectivity index (χ0) is 14.0. The fourth-order valence-corrected chi connectivity index (χ4v) is 3.86. The number of rotatable bonds is 1. The molecule has 0 radical (unpaired) electrons. The van der Waals surface area contributed by atoms with Gasteiger partial charge in [-0.2, -0.15) is 0 Å². The van der Waals surface area contributed by atoms with Gasteiger partial charge in [0.1, 0.15) is 0 Å². The molecule has 2 N–H and O–H groups in total. The van der Waals surface area contributed by atoms with Gasteiger partial charge in [-0.3, -0.25) is 9.59 Å². The minimum absolute atomic E-state index is 0.00905. The first-order valence-electron chi connectivity index (χ1n) is 7.95. The number of hydrogen-bond donors (Lipinski definition) is 2. The van der Waals surface area contributed by atoms with Gasteiger partial charge < -0.3 is 15.5 Å². The first-order chi connectivity index (χ1) is 9.69. The van der Waals surface area contributed by atoms with Gasteiger partial charge in [0, 0.05) is 26.1 Å². The zero-order valence-corrected chi connectivity index (χ0v) is 12.1. The SMILES string of the molecule is O=C1CCC(C(=O)N2CCC3(CCNCC3)CC2)CN1. The maximum Gasteiger partial charge on any atom is 0.227 e. The van der Waals surface area contributed by atoms with E-state index in [-0.39, 0.29) is 17.7 Å². The van der Waals surface area contributed by atoms with Gasteiger partial charge in [0.15, 0.2) is 0 Å². The van der Waals surface area contributed by atoms with E-state index < -0.39 is 0 Å². The van der Waals surface area contributed by atoms with Crippen molar-refractivity contribution in [3.63, 3.8) is 0 Å². The molecule has 5 nitrogen and oxygen atoms in total. The highest BCUT2D eigenvalue weighted by Gasteiger charge is 2.38. The highest BCUT2D eigenvalue weighted by Crippen LogP contribution is 2.39. The number of nitrogens with zero attached hydrogens (tertiary/aromatic N) is 1. The molecular weight excluding hydrogens is 254 g/mol. The lowest BCUT2D eigenvalue weighted by Gasteiger charge is -2.45. The third kappa shape index (κ3) is 2.82. The van der Waals surface area contributed by atoms with E-state index in [1.165, 1.54) is 12.8 Å². The molecule has 112 valence electrons. The summed E-state index contributed by atoms with van der Waals surface area (Å²) in [5.41, 5.74) is 0.489. The lowest BCUT2D eigenvalue weighted by Crippen LogP contribution is -2.50. The molecule has 1 unspecified atom stereocenters. The van der Waals surface area contributed by atoms with E-state index >= 15 is 0 Å². The van der Waals surface area contributed by atoms with Crippen LogP contribution in [0.5, 0.6) is 0 Å². The average molecular weight is 279 g/mol. The van der Waals surface area contributed by atoms with Crippen LogP contribution in [-0.4, -0.2) is 49.4 Å². The largest absolute Gasteiger partial charge is 0.355 e. The monoisotopic (exact) mass is 279 g/mol. The summed E-state index contributed by atoms with van der Waals surface area (Å²) in [6.45, 7) is 4.60. The molecule has 0 bridgehead atoms. The van der Waals surface area contributed by atoms with Crippen LogP contribution < -0.4 is 10.6 Å². The highest BCUT2D eigenvalue weighted by atomic mass is 16.2. The molecule has 0 saturated carbocycles. The summed E-state index contributed by atoms with van der Waals surface area (Å²) in [6.07, 6.45) is 6.04. The number of amides is 2. The zero-order valence-electron chi connectivity index (χ0n) is 12.1. The summed E-state index contributed by atoms with van der Waals surface area (Å²) in [7, 11) is 0. The first-order valence-corrected chi connectivity index (χ1v) is 7.95. The second kappa shape index (κ2) is 5.72. The van der Waals surface area contributed by atoms with Crippen LogP contribution in [-0.2, 0) is 9.59 Å². The molecule has 0 aliphatic carbocycles. The Labute approximate surface area is 120 Å². The van der Waals surface area contributed by atoms with Crippen molar-refractivity contribution in [2.75, 3.05) is 32.7 Å². The van der Waals surface area contributed by atoms with Crippen molar-refractivity contribution < 1.29 is 9.59 Å². The normalized spacial score (nSPS) is 30.1. The molecule has 0 aromatic carbocycles. The maximum atomic E-state index is 12.5. The van der Waals surface area contributed by atoms with Crippen LogP contribution >= 0.6 is 0 Å². The standard InChI is InChI=1S/C15H25N3O2/c19-13-2-1-12(11-17-13)14(20)18-9-5-15(6-10-18)3-7-16-8-4-15/h12,16H,1-11H2,(H,17,19). The van der Waals surface area contributed by atoms with Crippen LogP contribution in [0.3, 0.4) is 0 Å². The number of hydrogen-bond acceptors (Lipinski definition) is 3. The molecule has 5 heteroatoms. The van der Waals surface area contributed by atoms with Crippen molar-refractivity contribution in [1.82, 2.24) is 15.5 Å². The highest BCUT2D eigenvalue weighted by molar-refractivity contribution is 5.83. The Balaban J connectivity index is 1.52. The number of carbonyl (C=O) groups excluding carboxylic acids is 2. The molecule has 3 rings (SSSR count). The molecule has 3 saturated heterocycles. The van der Waals surface area contributed by atoms with Gasteiger partial charge in [0.05, 0.1) is 5.92 Å². The van der Waals surface area contributed by atoms with Crippen molar-refractivity contribution >= 4 is 11.8 Å². The van der Waals surface area contributed by atoms with Crippen LogP contribution in [0.1, 0.15) is 38.5 Å². The third-order valence-corrected chi connectivity index (χ3v) is 5.41. The third-order valence-electron chi connectivity index (χ3n) is 5.41. The van der Waals surface area contributed by atoms with Gasteiger partial charge >= 0.3 is 0 Å². The molecule has 1 atom stereocenters. The number of piperidine rings is 3. The Morgan fingerprint density at radius 3 is 2.45 bits per heavy atom. The van der Waals surface area contributed by atoms with Crippen molar-refractivity contribution in [1.29, 1.82) is 0 Å². The molecule has 3 heterocycles. The Morgan fingerprint density at radius 1 is 1.15 bits per heavy atom. The maximum absolute atomic E-state index is 12.5. The molecule has 1 spiro atoms. The van der Waals surface area contributed by atoms with E-state index in [0.29, 0.717) is 18.4 Å². The van der Waals surface area contributed by atoms with Crippen LogP contribution in [0.25, 0.3) is 0 Å². The average Bonchev–Trinajstić information content (AvgIpc) is 2.49. The lowest BCUT2D eigenvalue weighted by molar-refractivity contribution is -0.139. The summed E-state index contributed by atoms with van der Waals surface area (Å²) in [5, 5.41) is 6.24. The molecule has 2 amide bonds. The summed E-state index contributed by atoms with van der Waals surface area (Å²) in [6, 6.07) is 0. The van der Waals surface area contributed by atoms with Gasteiger partial charge in [0.2, 0.25) is 11.8 Å². The second-order valence-electron chi connectivity index (χ2n) is 6.61. The van der Waals surface area contributed by atoms with E-state index in [0.717, 1.165) is 45.4 Å². The number of carbonyl (C=O) groups is 2.